The molecule has 0 saturated carbocycles. The van der Waals surface area contributed by atoms with Gasteiger partial charge in [-0.05, 0) is 37.0 Å². The van der Waals surface area contributed by atoms with Crippen molar-refractivity contribution in [2.75, 3.05) is 7.11 Å². The maximum atomic E-state index is 5.56. The van der Waals surface area contributed by atoms with E-state index in [0.717, 1.165) is 5.01 Å². The second-order valence-corrected chi connectivity index (χ2v) is 3.67. The minimum Gasteiger partial charge on any atom is -0.372 e. The summed E-state index contributed by atoms with van der Waals surface area (Å²) in [6.45, 7) is 3.84. The van der Waals surface area contributed by atoms with Gasteiger partial charge in [-0.3, -0.25) is 0 Å². The maximum absolute atomic E-state index is 5.56. The van der Waals surface area contributed by atoms with Gasteiger partial charge in [-0.25, -0.2) is 4.98 Å². The summed E-state index contributed by atoms with van der Waals surface area (Å²) in [4.78, 5) is 4.00. The molecule has 11 heavy (non-hydrogen) atoms. The van der Waals surface area contributed by atoms with Gasteiger partial charge in [0.05, 0.1) is 0 Å². The molecule has 62 valence electrons. The first-order valence-electron chi connectivity index (χ1n) is 3.11. The molecule has 0 bridgehead atoms. The molecule has 1 aromatic rings. The molecule has 0 fully saturated rings. The molecule has 1 aromatic heterocycles. The van der Waals surface area contributed by atoms with Gasteiger partial charge in [0.2, 0.25) is 5.28 Å². The molecule has 0 aliphatic carbocycles. The minimum atomic E-state index is -0.384. The van der Waals surface area contributed by atoms with Crippen molar-refractivity contribution in [2.45, 2.75) is 19.4 Å². The molecule has 0 unspecified atom stereocenters. The van der Waals surface area contributed by atoms with E-state index >= 15 is 0 Å². The van der Waals surface area contributed by atoms with Crippen molar-refractivity contribution in [3.8, 4) is 0 Å². The molecule has 0 aromatic carbocycles. The Labute approximate surface area is 74.5 Å². The van der Waals surface area contributed by atoms with Crippen molar-refractivity contribution < 1.29 is 4.74 Å². The molecular formula is C6H9ClN2OS. The molecule has 0 spiro atoms. The molecule has 0 aliphatic rings. The van der Waals surface area contributed by atoms with E-state index in [0.29, 0.717) is 0 Å². The minimum absolute atomic E-state index is 0.287. The largest absolute Gasteiger partial charge is 0.372 e. The topological polar surface area (TPSA) is 35.0 Å². The number of methoxy groups -OCH3 is 1. The zero-order chi connectivity index (χ0) is 8.48. The van der Waals surface area contributed by atoms with Crippen molar-refractivity contribution in [1.29, 1.82) is 0 Å². The van der Waals surface area contributed by atoms with Crippen LogP contribution in [-0.4, -0.2) is 16.5 Å². The molecule has 0 aliphatic heterocycles. The van der Waals surface area contributed by atoms with E-state index in [1.807, 2.05) is 13.8 Å². The monoisotopic (exact) mass is 192 g/mol. The highest BCUT2D eigenvalue weighted by molar-refractivity contribution is 7.05. The van der Waals surface area contributed by atoms with E-state index in [1.54, 1.807) is 7.11 Å². The van der Waals surface area contributed by atoms with Gasteiger partial charge >= 0.3 is 0 Å². The number of ether oxygens (including phenoxy) is 1. The maximum Gasteiger partial charge on any atom is 0.234 e. The lowest BCUT2D eigenvalue weighted by Crippen LogP contribution is -2.18. The molecule has 5 heteroatoms. The van der Waals surface area contributed by atoms with Crippen LogP contribution >= 0.6 is 23.1 Å². The molecule has 0 radical (unpaired) electrons. The highest BCUT2D eigenvalue weighted by Crippen LogP contribution is 2.25. The lowest BCUT2D eigenvalue weighted by molar-refractivity contribution is 0.0190. The van der Waals surface area contributed by atoms with Crippen molar-refractivity contribution in [3.63, 3.8) is 0 Å². The molecule has 1 rings (SSSR count). The Bertz CT molecular complexity index is 248. The Morgan fingerprint density at radius 3 is 2.55 bits per heavy atom. The lowest BCUT2D eigenvalue weighted by atomic mass is 10.1. The third kappa shape index (κ3) is 1.89. The van der Waals surface area contributed by atoms with Gasteiger partial charge in [-0.2, -0.15) is 4.37 Å². The third-order valence-corrected chi connectivity index (χ3v) is 2.72. The van der Waals surface area contributed by atoms with Crippen molar-refractivity contribution in [2.24, 2.45) is 0 Å². The lowest BCUT2D eigenvalue weighted by Gasteiger charge is -2.18. The predicted molar refractivity (Wildman–Crippen MR) is 45.0 cm³/mol. The second kappa shape index (κ2) is 3.05. The summed E-state index contributed by atoms with van der Waals surface area (Å²) in [7, 11) is 1.63. The van der Waals surface area contributed by atoms with Crippen LogP contribution in [0.2, 0.25) is 5.28 Å². The van der Waals surface area contributed by atoms with Crippen LogP contribution in [0.4, 0.5) is 0 Å². The van der Waals surface area contributed by atoms with Gasteiger partial charge in [-0.15, -0.1) is 0 Å². The summed E-state index contributed by atoms with van der Waals surface area (Å²) in [6, 6.07) is 0. The second-order valence-electron chi connectivity index (χ2n) is 2.58. The Morgan fingerprint density at radius 1 is 1.55 bits per heavy atom. The van der Waals surface area contributed by atoms with Gasteiger partial charge in [0.1, 0.15) is 10.6 Å². The van der Waals surface area contributed by atoms with Crippen LogP contribution in [0.1, 0.15) is 18.9 Å². The fourth-order valence-corrected chi connectivity index (χ4v) is 1.41. The van der Waals surface area contributed by atoms with Crippen molar-refractivity contribution >= 4 is 23.1 Å². The van der Waals surface area contributed by atoms with Gasteiger partial charge in [0.15, 0.2) is 0 Å². The number of hydrogen-bond donors (Lipinski definition) is 0. The third-order valence-electron chi connectivity index (χ3n) is 1.43. The normalized spacial score (nSPS) is 12.0. The Kier molecular flexibility index (Phi) is 2.47. The summed E-state index contributed by atoms with van der Waals surface area (Å²) in [6.07, 6.45) is 0. The quantitative estimate of drug-likeness (QED) is 0.720. The molecular weight excluding hydrogens is 184 g/mol. The first-order chi connectivity index (χ1) is 5.06. The number of rotatable bonds is 2. The average Bonchev–Trinajstić information content (AvgIpc) is 2.36. The summed E-state index contributed by atoms with van der Waals surface area (Å²) in [5.74, 6) is 0. The van der Waals surface area contributed by atoms with Gasteiger partial charge in [0.25, 0.3) is 0 Å². The highest BCUT2D eigenvalue weighted by atomic mass is 35.5. The van der Waals surface area contributed by atoms with Crippen LogP contribution in [0.15, 0.2) is 0 Å². The smallest absolute Gasteiger partial charge is 0.234 e. The van der Waals surface area contributed by atoms with Gasteiger partial charge in [-0.1, -0.05) is 0 Å². The van der Waals surface area contributed by atoms with E-state index < -0.39 is 0 Å². The summed E-state index contributed by atoms with van der Waals surface area (Å²) >= 11 is 6.82. The molecule has 0 atom stereocenters. The Balaban J connectivity index is 2.92. The summed E-state index contributed by atoms with van der Waals surface area (Å²) in [5, 5.41) is 1.08. The van der Waals surface area contributed by atoms with E-state index in [9.17, 15) is 0 Å². The van der Waals surface area contributed by atoms with E-state index in [4.69, 9.17) is 16.3 Å². The standard InChI is InChI=1S/C6H9ClN2OS/c1-6(2,10-3)4-8-5(7)9-11-4/h1-3H3. The molecule has 0 amide bonds. The van der Waals surface area contributed by atoms with Crippen molar-refractivity contribution in [1.82, 2.24) is 9.36 Å². The van der Waals surface area contributed by atoms with Crippen LogP contribution in [0, 0.1) is 0 Å². The fourth-order valence-electron chi connectivity index (χ4n) is 0.537. The van der Waals surface area contributed by atoms with Gasteiger partial charge in [0, 0.05) is 7.11 Å². The number of halogens is 1. The molecule has 0 N–H and O–H groups in total. The fraction of sp³-hybridized carbons (Fsp3) is 0.667. The molecule has 1 heterocycles. The van der Waals surface area contributed by atoms with Crippen LogP contribution < -0.4 is 0 Å². The number of hydrogen-bond acceptors (Lipinski definition) is 4. The van der Waals surface area contributed by atoms with E-state index in [2.05, 4.69) is 9.36 Å². The first kappa shape index (κ1) is 8.90. The molecule has 3 nitrogen and oxygen atoms in total. The van der Waals surface area contributed by atoms with Crippen LogP contribution in [-0.2, 0) is 10.3 Å². The SMILES string of the molecule is COC(C)(C)c1nc(Cl)ns1. The first-order valence-corrected chi connectivity index (χ1v) is 4.26. The van der Waals surface area contributed by atoms with Crippen molar-refractivity contribution in [3.05, 3.63) is 10.3 Å². The summed E-state index contributed by atoms with van der Waals surface area (Å²) < 4.78 is 9.03. The highest BCUT2D eigenvalue weighted by Gasteiger charge is 2.23. The predicted octanol–water partition coefficient (Wildman–Crippen LogP) is 2.07. The van der Waals surface area contributed by atoms with Gasteiger partial charge < -0.3 is 4.74 Å². The Hall–Kier alpha value is -0.190. The zero-order valence-electron chi connectivity index (χ0n) is 6.59. The van der Waals surface area contributed by atoms with Crippen LogP contribution in [0.3, 0.4) is 0 Å². The van der Waals surface area contributed by atoms with E-state index in [-0.39, 0.29) is 10.9 Å². The van der Waals surface area contributed by atoms with E-state index in [1.165, 1.54) is 11.5 Å². The number of nitrogens with zero attached hydrogens (tertiary/aromatic N) is 2. The molecule has 0 saturated heterocycles. The number of aromatic nitrogens is 2. The summed E-state index contributed by atoms with van der Waals surface area (Å²) in [5.41, 5.74) is -0.384. The van der Waals surface area contributed by atoms with Crippen LogP contribution in [0.5, 0.6) is 0 Å². The average molecular weight is 193 g/mol. The zero-order valence-corrected chi connectivity index (χ0v) is 8.16. The Morgan fingerprint density at radius 2 is 2.18 bits per heavy atom. The van der Waals surface area contributed by atoms with Crippen LogP contribution in [0.25, 0.3) is 0 Å².